The monoisotopic (exact) mass is 306 g/mol. The van der Waals surface area contributed by atoms with Gasteiger partial charge in [-0.25, -0.2) is 0 Å². The molecule has 0 aromatic heterocycles. The van der Waals surface area contributed by atoms with Gasteiger partial charge in [-0.1, -0.05) is 24.3 Å². The van der Waals surface area contributed by atoms with Crippen molar-refractivity contribution in [1.29, 1.82) is 0 Å². The first-order chi connectivity index (χ1) is 10.3. The molecule has 0 unspecified atom stereocenters. The van der Waals surface area contributed by atoms with E-state index in [4.69, 9.17) is 0 Å². The SMILES string of the molecule is Cc1ccccc1CSCC(=O)NCCCN1CCCC1. The number of aryl methyl sites for hydroxylation is 1. The zero-order valence-corrected chi connectivity index (χ0v) is 13.8. The fourth-order valence-corrected chi connectivity index (χ4v) is 3.55. The lowest BCUT2D eigenvalue weighted by atomic mass is 10.1. The number of hydrogen-bond donors (Lipinski definition) is 1. The van der Waals surface area contributed by atoms with E-state index in [2.05, 4.69) is 41.4 Å². The van der Waals surface area contributed by atoms with Crippen LogP contribution in [0.3, 0.4) is 0 Å². The van der Waals surface area contributed by atoms with Gasteiger partial charge in [-0.15, -0.1) is 11.8 Å². The standard InChI is InChI=1S/C17H26N2OS/c1-15-7-2-3-8-16(15)13-21-14-17(20)18-9-6-12-19-10-4-5-11-19/h2-3,7-8H,4-6,9-14H2,1H3,(H,18,20). The average Bonchev–Trinajstić information content (AvgIpc) is 2.99. The molecule has 1 amide bonds. The lowest BCUT2D eigenvalue weighted by Gasteiger charge is -2.14. The van der Waals surface area contributed by atoms with Crippen LogP contribution in [0.25, 0.3) is 0 Å². The fraction of sp³-hybridized carbons (Fsp3) is 0.588. The molecule has 0 bridgehead atoms. The molecule has 1 N–H and O–H groups in total. The Hall–Kier alpha value is -1.00. The summed E-state index contributed by atoms with van der Waals surface area (Å²) in [6, 6.07) is 8.36. The third-order valence-electron chi connectivity index (χ3n) is 3.92. The Morgan fingerprint density at radius 3 is 2.81 bits per heavy atom. The average molecular weight is 306 g/mol. The van der Waals surface area contributed by atoms with Crippen LogP contribution in [-0.2, 0) is 10.5 Å². The number of carbonyl (C=O) groups is 1. The molecule has 0 aliphatic carbocycles. The topological polar surface area (TPSA) is 32.3 Å². The minimum absolute atomic E-state index is 0.162. The highest BCUT2D eigenvalue weighted by Gasteiger charge is 2.10. The highest BCUT2D eigenvalue weighted by atomic mass is 32.2. The molecule has 1 aromatic rings. The van der Waals surface area contributed by atoms with Gasteiger partial charge in [-0.05, 0) is 56.9 Å². The summed E-state index contributed by atoms with van der Waals surface area (Å²) in [5, 5.41) is 3.02. The number of hydrogen-bond acceptors (Lipinski definition) is 3. The molecule has 116 valence electrons. The Morgan fingerprint density at radius 2 is 2.05 bits per heavy atom. The van der Waals surface area contributed by atoms with Crippen molar-refractivity contribution in [2.45, 2.75) is 31.9 Å². The first-order valence-corrected chi connectivity index (χ1v) is 9.02. The first-order valence-electron chi connectivity index (χ1n) is 7.87. The number of benzene rings is 1. The molecular weight excluding hydrogens is 280 g/mol. The van der Waals surface area contributed by atoms with E-state index in [-0.39, 0.29) is 5.91 Å². The maximum atomic E-state index is 11.8. The Labute approximate surface area is 132 Å². The molecule has 2 rings (SSSR count). The summed E-state index contributed by atoms with van der Waals surface area (Å²) in [5.74, 6) is 1.63. The second-order valence-electron chi connectivity index (χ2n) is 5.67. The maximum Gasteiger partial charge on any atom is 0.230 e. The number of nitrogens with zero attached hydrogens (tertiary/aromatic N) is 1. The molecule has 21 heavy (non-hydrogen) atoms. The number of rotatable bonds is 8. The third kappa shape index (κ3) is 6.10. The maximum absolute atomic E-state index is 11.8. The summed E-state index contributed by atoms with van der Waals surface area (Å²) >= 11 is 1.69. The van der Waals surface area contributed by atoms with Crippen LogP contribution in [0.15, 0.2) is 24.3 Å². The Balaban J connectivity index is 1.52. The van der Waals surface area contributed by atoms with E-state index in [0.717, 1.165) is 25.3 Å². The Morgan fingerprint density at radius 1 is 1.29 bits per heavy atom. The van der Waals surface area contributed by atoms with E-state index in [1.165, 1.54) is 37.1 Å². The zero-order valence-electron chi connectivity index (χ0n) is 12.9. The van der Waals surface area contributed by atoms with Crippen molar-refractivity contribution in [1.82, 2.24) is 10.2 Å². The van der Waals surface area contributed by atoms with Crippen molar-refractivity contribution in [2.75, 3.05) is 31.9 Å². The fourth-order valence-electron chi connectivity index (χ4n) is 2.61. The van der Waals surface area contributed by atoms with E-state index < -0.39 is 0 Å². The third-order valence-corrected chi connectivity index (χ3v) is 4.91. The lowest BCUT2D eigenvalue weighted by Crippen LogP contribution is -2.29. The van der Waals surface area contributed by atoms with Crippen LogP contribution >= 0.6 is 11.8 Å². The van der Waals surface area contributed by atoms with E-state index in [1.807, 2.05) is 0 Å². The summed E-state index contributed by atoms with van der Waals surface area (Å²) < 4.78 is 0. The largest absolute Gasteiger partial charge is 0.355 e. The molecule has 1 heterocycles. The number of likely N-dealkylation sites (tertiary alicyclic amines) is 1. The molecule has 1 aliphatic heterocycles. The second kappa shape index (κ2) is 9.11. The molecule has 0 radical (unpaired) electrons. The van der Waals surface area contributed by atoms with Crippen LogP contribution in [0.1, 0.15) is 30.4 Å². The minimum atomic E-state index is 0.162. The van der Waals surface area contributed by atoms with Crippen LogP contribution in [-0.4, -0.2) is 42.7 Å². The summed E-state index contributed by atoms with van der Waals surface area (Å²) in [5.41, 5.74) is 2.63. The van der Waals surface area contributed by atoms with Gasteiger partial charge in [0, 0.05) is 12.3 Å². The Kier molecular flexibility index (Phi) is 7.10. The molecule has 3 nitrogen and oxygen atoms in total. The normalized spacial score (nSPS) is 15.3. The van der Waals surface area contributed by atoms with Crippen LogP contribution in [0, 0.1) is 6.92 Å². The van der Waals surface area contributed by atoms with Gasteiger partial charge in [-0.2, -0.15) is 0 Å². The van der Waals surface area contributed by atoms with Crippen LogP contribution < -0.4 is 5.32 Å². The zero-order chi connectivity index (χ0) is 14.9. The van der Waals surface area contributed by atoms with Crippen LogP contribution in [0.2, 0.25) is 0 Å². The molecule has 1 aliphatic rings. The van der Waals surface area contributed by atoms with Crippen molar-refractivity contribution < 1.29 is 4.79 Å². The highest BCUT2D eigenvalue weighted by molar-refractivity contribution is 7.99. The quantitative estimate of drug-likeness (QED) is 0.750. The number of amides is 1. The van der Waals surface area contributed by atoms with Gasteiger partial charge >= 0.3 is 0 Å². The van der Waals surface area contributed by atoms with Gasteiger partial charge in [0.15, 0.2) is 0 Å². The lowest BCUT2D eigenvalue weighted by molar-refractivity contribution is -0.118. The van der Waals surface area contributed by atoms with Crippen LogP contribution in [0.5, 0.6) is 0 Å². The molecule has 1 aromatic carbocycles. The molecule has 0 spiro atoms. The minimum Gasteiger partial charge on any atom is -0.355 e. The van der Waals surface area contributed by atoms with Crippen molar-refractivity contribution in [3.05, 3.63) is 35.4 Å². The van der Waals surface area contributed by atoms with Crippen molar-refractivity contribution in [3.8, 4) is 0 Å². The molecule has 1 fully saturated rings. The second-order valence-corrected chi connectivity index (χ2v) is 6.66. The predicted molar refractivity (Wildman–Crippen MR) is 90.6 cm³/mol. The van der Waals surface area contributed by atoms with Gasteiger partial charge < -0.3 is 10.2 Å². The number of carbonyl (C=O) groups excluding carboxylic acids is 1. The van der Waals surface area contributed by atoms with Crippen molar-refractivity contribution >= 4 is 17.7 Å². The van der Waals surface area contributed by atoms with Gasteiger partial charge in [0.05, 0.1) is 5.75 Å². The van der Waals surface area contributed by atoms with Gasteiger partial charge in [-0.3, -0.25) is 4.79 Å². The van der Waals surface area contributed by atoms with Crippen molar-refractivity contribution in [2.24, 2.45) is 0 Å². The molecule has 4 heteroatoms. The van der Waals surface area contributed by atoms with E-state index in [9.17, 15) is 4.79 Å². The molecular formula is C17H26N2OS. The summed E-state index contributed by atoms with van der Waals surface area (Å²) in [6.07, 6.45) is 3.73. The van der Waals surface area contributed by atoms with Crippen molar-refractivity contribution in [3.63, 3.8) is 0 Å². The summed E-state index contributed by atoms with van der Waals surface area (Å²) in [4.78, 5) is 14.3. The summed E-state index contributed by atoms with van der Waals surface area (Å²) in [7, 11) is 0. The van der Waals surface area contributed by atoms with E-state index >= 15 is 0 Å². The Bertz CT molecular complexity index is 444. The molecule has 1 saturated heterocycles. The smallest absolute Gasteiger partial charge is 0.230 e. The summed E-state index contributed by atoms with van der Waals surface area (Å²) in [6.45, 7) is 6.52. The van der Waals surface area contributed by atoms with Gasteiger partial charge in [0.1, 0.15) is 0 Å². The highest BCUT2D eigenvalue weighted by Crippen LogP contribution is 2.15. The van der Waals surface area contributed by atoms with E-state index in [1.54, 1.807) is 11.8 Å². The molecule has 0 atom stereocenters. The number of nitrogens with one attached hydrogen (secondary N) is 1. The van der Waals surface area contributed by atoms with Gasteiger partial charge in [0.25, 0.3) is 0 Å². The van der Waals surface area contributed by atoms with E-state index in [0.29, 0.717) is 5.75 Å². The van der Waals surface area contributed by atoms with Gasteiger partial charge in [0.2, 0.25) is 5.91 Å². The van der Waals surface area contributed by atoms with Crippen LogP contribution in [0.4, 0.5) is 0 Å². The molecule has 0 saturated carbocycles. The number of thioether (sulfide) groups is 1. The first kappa shape index (κ1) is 16.4. The predicted octanol–water partition coefficient (Wildman–Crippen LogP) is 2.83.